The number of carbonyl (C=O) groups is 1. The fraction of sp³-hybridized carbons (Fsp3) is 0.500. The maximum atomic E-state index is 13.8. The van der Waals surface area contributed by atoms with E-state index in [1.165, 1.54) is 17.5 Å². The van der Waals surface area contributed by atoms with Crippen LogP contribution in [-0.4, -0.2) is 49.3 Å². The summed E-state index contributed by atoms with van der Waals surface area (Å²) in [6, 6.07) is 15.7. The molecule has 2 aliphatic rings. The minimum absolute atomic E-state index is 0.0107. The summed E-state index contributed by atoms with van der Waals surface area (Å²) in [7, 11) is 0. The molecule has 260 valence electrons. The molecular weight excluding hydrogens is 633 g/mol. The highest BCUT2D eigenvalue weighted by Crippen LogP contribution is 2.41. The summed E-state index contributed by atoms with van der Waals surface area (Å²) in [5.41, 5.74) is 2.75. The Morgan fingerprint density at radius 1 is 1.02 bits per heavy atom. The molecule has 4 aromatic rings. The Balaban J connectivity index is 1.33. The zero-order valence-electron chi connectivity index (χ0n) is 30.1. The lowest BCUT2D eigenvalue weighted by Crippen LogP contribution is -2.40. The van der Waals surface area contributed by atoms with Crippen LogP contribution in [0.25, 0.3) is 5.82 Å². The molecule has 2 N–H and O–H groups in total. The fourth-order valence-corrected chi connectivity index (χ4v) is 7.16. The Labute approximate surface area is 295 Å². The van der Waals surface area contributed by atoms with Gasteiger partial charge in [0, 0.05) is 42.5 Å². The highest BCUT2D eigenvalue weighted by atomic mass is 32.2. The van der Waals surface area contributed by atoms with Crippen LogP contribution in [0.5, 0.6) is 5.88 Å². The van der Waals surface area contributed by atoms with Crippen molar-refractivity contribution in [3.8, 4) is 11.7 Å². The van der Waals surface area contributed by atoms with Crippen LogP contribution in [0, 0.1) is 11.3 Å². The van der Waals surface area contributed by atoms with Gasteiger partial charge in [-0.25, -0.2) is 14.6 Å². The monoisotopic (exact) mass is 682 g/mol. The molecule has 6 rings (SSSR count). The summed E-state index contributed by atoms with van der Waals surface area (Å²) in [6.45, 7) is 19.1. The molecule has 1 saturated heterocycles. The highest BCUT2D eigenvalue weighted by Gasteiger charge is 2.41. The molecule has 0 saturated carbocycles. The Kier molecular flexibility index (Phi) is 9.68. The molecule has 1 fully saturated rings. The van der Waals surface area contributed by atoms with Gasteiger partial charge in [-0.2, -0.15) is 0 Å². The van der Waals surface area contributed by atoms with E-state index in [0.717, 1.165) is 43.7 Å². The van der Waals surface area contributed by atoms with E-state index in [2.05, 4.69) is 87.6 Å². The van der Waals surface area contributed by atoms with Gasteiger partial charge in [0.2, 0.25) is 5.88 Å². The molecular formula is C38H50N8O2S. The third-order valence-corrected chi connectivity index (χ3v) is 10.1. The second-order valence-corrected chi connectivity index (χ2v) is 17.0. The van der Waals surface area contributed by atoms with Crippen molar-refractivity contribution in [2.75, 3.05) is 23.4 Å². The SMILES string of the molecule is CC(C)(C)CCOc1ccn(-c2ccc3c(n2)N2C[C@@H](CC[C@H](c4cc(C(C)(C)C)ccn4)Nc4cccc(n4)SNC3=O)CC2(C)C)n1. The van der Waals surface area contributed by atoms with Crippen molar-refractivity contribution < 1.29 is 9.53 Å². The molecule has 0 radical (unpaired) electrons. The number of rotatable bonds is 5. The molecule has 4 bridgehead atoms. The second kappa shape index (κ2) is 13.7. The molecule has 0 spiro atoms. The average molecular weight is 683 g/mol. The highest BCUT2D eigenvalue weighted by molar-refractivity contribution is 7.97. The average Bonchev–Trinajstić information content (AvgIpc) is 3.63. The van der Waals surface area contributed by atoms with Crippen LogP contribution < -0.4 is 19.7 Å². The van der Waals surface area contributed by atoms with Gasteiger partial charge in [-0.15, -0.1) is 5.10 Å². The number of pyridine rings is 3. The predicted octanol–water partition coefficient (Wildman–Crippen LogP) is 8.16. The molecule has 2 aliphatic heterocycles. The van der Waals surface area contributed by atoms with Gasteiger partial charge in [-0.3, -0.25) is 14.5 Å². The van der Waals surface area contributed by atoms with Crippen LogP contribution >= 0.6 is 11.9 Å². The molecule has 49 heavy (non-hydrogen) atoms. The number of amides is 1. The maximum absolute atomic E-state index is 13.8. The first-order chi connectivity index (χ1) is 23.1. The third kappa shape index (κ3) is 8.37. The van der Waals surface area contributed by atoms with Crippen LogP contribution in [0.2, 0.25) is 0 Å². The van der Waals surface area contributed by atoms with Crippen LogP contribution in [0.4, 0.5) is 11.6 Å². The maximum Gasteiger partial charge on any atom is 0.265 e. The van der Waals surface area contributed by atoms with Gasteiger partial charge in [0.25, 0.3) is 5.91 Å². The Morgan fingerprint density at radius 2 is 1.84 bits per heavy atom. The van der Waals surface area contributed by atoms with E-state index in [0.29, 0.717) is 40.6 Å². The summed E-state index contributed by atoms with van der Waals surface area (Å²) in [6.07, 6.45) is 7.53. The van der Waals surface area contributed by atoms with E-state index in [1.54, 1.807) is 4.68 Å². The largest absolute Gasteiger partial charge is 0.477 e. The van der Waals surface area contributed by atoms with E-state index in [4.69, 9.17) is 19.7 Å². The van der Waals surface area contributed by atoms with Crippen molar-refractivity contribution in [3.63, 3.8) is 0 Å². The van der Waals surface area contributed by atoms with Crippen molar-refractivity contribution in [2.24, 2.45) is 11.3 Å². The number of carbonyl (C=O) groups excluding carboxylic acids is 1. The number of fused-ring (bicyclic) bond motifs is 6. The van der Waals surface area contributed by atoms with E-state index in [-0.39, 0.29) is 28.3 Å². The fourth-order valence-electron chi connectivity index (χ4n) is 6.56. The van der Waals surface area contributed by atoms with E-state index >= 15 is 0 Å². The van der Waals surface area contributed by atoms with Crippen LogP contribution in [0.15, 0.2) is 66.0 Å². The number of anilines is 2. The van der Waals surface area contributed by atoms with E-state index in [1.807, 2.05) is 48.8 Å². The molecule has 10 nitrogen and oxygen atoms in total. The molecule has 0 unspecified atom stereocenters. The third-order valence-electron chi connectivity index (χ3n) is 9.38. The van der Waals surface area contributed by atoms with Gasteiger partial charge in [-0.05, 0) is 98.2 Å². The molecule has 1 amide bonds. The lowest BCUT2D eigenvalue weighted by molar-refractivity contribution is 0.0984. The topological polar surface area (TPSA) is 110 Å². The smallest absolute Gasteiger partial charge is 0.265 e. The zero-order valence-corrected chi connectivity index (χ0v) is 30.9. The van der Waals surface area contributed by atoms with Gasteiger partial charge in [0.1, 0.15) is 16.7 Å². The number of nitrogens with zero attached hydrogens (tertiary/aromatic N) is 6. The molecule has 0 aliphatic carbocycles. The summed E-state index contributed by atoms with van der Waals surface area (Å²) < 4.78 is 10.7. The summed E-state index contributed by atoms with van der Waals surface area (Å²) in [5, 5.41) is 9.04. The molecule has 4 aromatic heterocycles. The molecule has 11 heteroatoms. The normalized spacial score (nSPS) is 19.7. The van der Waals surface area contributed by atoms with Gasteiger partial charge in [-0.1, -0.05) is 47.6 Å². The Bertz CT molecular complexity index is 1790. The lowest BCUT2D eigenvalue weighted by atomic mass is 9.86. The second-order valence-electron chi connectivity index (χ2n) is 16.2. The number of hydrogen-bond acceptors (Lipinski definition) is 9. The summed E-state index contributed by atoms with van der Waals surface area (Å²) in [4.78, 5) is 30.9. The molecule has 2 atom stereocenters. The van der Waals surface area contributed by atoms with Gasteiger partial charge < -0.3 is 15.0 Å². The zero-order chi connectivity index (χ0) is 35.0. The van der Waals surface area contributed by atoms with Crippen LogP contribution in [0.1, 0.15) is 109 Å². The molecule has 0 aromatic carbocycles. The lowest BCUT2D eigenvalue weighted by Gasteiger charge is -2.34. The van der Waals surface area contributed by atoms with Crippen molar-refractivity contribution in [2.45, 2.75) is 103 Å². The van der Waals surface area contributed by atoms with E-state index in [9.17, 15) is 4.79 Å². The first kappa shape index (κ1) is 34.7. The van der Waals surface area contributed by atoms with Gasteiger partial charge in [0.05, 0.1) is 23.9 Å². The van der Waals surface area contributed by atoms with E-state index < -0.39 is 0 Å². The van der Waals surface area contributed by atoms with Gasteiger partial charge in [0.15, 0.2) is 5.82 Å². The number of nitrogens with one attached hydrogen (secondary N) is 2. The van der Waals surface area contributed by atoms with Crippen LogP contribution in [-0.2, 0) is 5.41 Å². The predicted molar refractivity (Wildman–Crippen MR) is 197 cm³/mol. The van der Waals surface area contributed by atoms with Gasteiger partial charge >= 0.3 is 0 Å². The first-order valence-corrected chi connectivity index (χ1v) is 18.1. The summed E-state index contributed by atoms with van der Waals surface area (Å²) in [5.74, 6) is 2.76. The van der Waals surface area contributed by atoms with Crippen molar-refractivity contribution in [3.05, 3.63) is 77.7 Å². The van der Waals surface area contributed by atoms with Crippen molar-refractivity contribution >= 4 is 29.5 Å². The van der Waals surface area contributed by atoms with Crippen LogP contribution in [0.3, 0.4) is 0 Å². The first-order valence-electron chi connectivity index (χ1n) is 17.3. The number of ether oxygens (including phenoxy) is 1. The van der Waals surface area contributed by atoms with Crippen molar-refractivity contribution in [1.82, 2.24) is 29.5 Å². The quantitative estimate of drug-likeness (QED) is 0.202. The minimum atomic E-state index is -0.222. The Morgan fingerprint density at radius 3 is 2.61 bits per heavy atom. The standard InChI is InChI=1S/C38H50N8O2S/c1-36(2,3)18-21-48-32-17-20-46(43-32)31-15-13-27-34(42-31)45-24-25(23-38(45,7)8)12-14-28(29-22-26(16-19-39-29)37(4,5)6)40-30-10-9-11-33(41-30)49-44-35(27)47/h9-11,13,15-17,19-20,22,25,28H,12,14,18,21,23-24H2,1-8H3,(H,40,41)(H,44,47)/t25-,28+/m0/s1. The number of hydrogen-bond donors (Lipinski definition) is 2. The molecule has 6 heterocycles. The van der Waals surface area contributed by atoms with Crippen molar-refractivity contribution in [1.29, 1.82) is 0 Å². The minimum Gasteiger partial charge on any atom is -0.477 e. The number of aromatic nitrogens is 5. The summed E-state index contributed by atoms with van der Waals surface area (Å²) >= 11 is 1.20. The Hall–Kier alpha value is -4.12.